The number of furan rings is 1. The fourth-order valence-corrected chi connectivity index (χ4v) is 2.23. The highest BCUT2D eigenvalue weighted by Crippen LogP contribution is 2.14. The van der Waals surface area contributed by atoms with Crippen molar-refractivity contribution < 1.29 is 9.15 Å². The summed E-state index contributed by atoms with van der Waals surface area (Å²) in [6.45, 7) is 5.15. The van der Waals surface area contributed by atoms with E-state index in [2.05, 4.69) is 11.9 Å². The fraction of sp³-hybridized carbons (Fsp3) is 0.412. The fourth-order valence-electron chi connectivity index (χ4n) is 2.23. The first-order valence-electron chi connectivity index (χ1n) is 7.32. The first-order chi connectivity index (χ1) is 10.2. The molecule has 1 aromatic carbocycles. The van der Waals surface area contributed by atoms with E-state index in [0.29, 0.717) is 13.2 Å². The van der Waals surface area contributed by atoms with Gasteiger partial charge in [-0.1, -0.05) is 12.1 Å². The average molecular weight is 288 g/mol. The minimum atomic E-state index is 0.546. The standard InChI is InChI=1S/C17H24N2O2/c1-14-16(7-10-20-14)13-19(2)8-4-9-21-17-6-3-5-15(11-17)12-18/h3,5-7,10-11H,4,8-9,12-13,18H2,1-2H3. The lowest BCUT2D eigenvalue weighted by Gasteiger charge is -2.16. The van der Waals surface area contributed by atoms with E-state index in [1.807, 2.05) is 37.3 Å². The van der Waals surface area contributed by atoms with E-state index in [1.165, 1.54) is 5.56 Å². The molecule has 4 heteroatoms. The van der Waals surface area contributed by atoms with Crippen LogP contribution in [0.5, 0.6) is 5.75 Å². The number of benzene rings is 1. The first-order valence-corrected chi connectivity index (χ1v) is 7.32. The summed E-state index contributed by atoms with van der Waals surface area (Å²) < 4.78 is 11.1. The molecule has 0 bridgehead atoms. The van der Waals surface area contributed by atoms with Gasteiger partial charge in [-0.25, -0.2) is 0 Å². The van der Waals surface area contributed by atoms with E-state index >= 15 is 0 Å². The van der Waals surface area contributed by atoms with Gasteiger partial charge in [0, 0.05) is 25.2 Å². The number of hydrogen-bond donors (Lipinski definition) is 1. The van der Waals surface area contributed by atoms with Crippen LogP contribution in [0.15, 0.2) is 41.0 Å². The molecule has 0 unspecified atom stereocenters. The Balaban J connectivity index is 1.68. The highest BCUT2D eigenvalue weighted by atomic mass is 16.5. The van der Waals surface area contributed by atoms with Gasteiger partial charge in [0.05, 0.1) is 12.9 Å². The predicted octanol–water partition coefficient (Wildman–Crippen LogP) is 2.95. The summed E-state index contributed by atoms with van der Waals surface area (Å²) in [5.41, 5.74) is 7.96. The minimum absolute atomic E-state index is 0.546. The summed E-state index contributed by atoms with van der Waals surface area (Å²) in [4.78, 5) is 2.28. The van der Waals surface area contributed by atoms with Crippen molar-refractivity contribution in [2.24, 2.45) is 5.73 Å². The SMILES string of the molecule is Cc1occc1CN(C)CCCOc1cccc(CN)c1. The van der Waals surface area contributed by atoms with Crippen LogP contribution in [0.2, 0.25) is 0 Å². The largest absolute Gasteiger partial charge is 0.494 e. The lowest BCUT2D eigenvalue weighted by Crippen LogP contribution is -2.20. The summed E-state index contributed by atoms with van der Waals surface area (Å²) in [5.74, 6) is 1.89. The van der Waals surface area contributed by atoms with Crippen molar-refractivity contribution in [1.82, 2.24) is 4.90 Å². The molecule has 0 spiro atoms. The Hall–Kier alpha value is -1.78. The molecule has 0 aliphatic carbocycles. The van der Waals surface area contributed by atoms with Gasteiger partial charge < -0.3 is 19.8 Å². The normalized spacial score (nSPS) is 11.0. The number of nitrogens with two attached hydrogens (primary N) is 1. The third kappa shape index (κ3) is 4.92. The van der Waals surface area contributed by atoms with Crippen LogP contribution in [0.25, 0.3) is 0 Å². The molecule has 0 aliphatic rings. The van der Waals surface area contributed by atoms with E-state index in [1.54, 1.807) is 6.26 Å². The second kappa shape index (κ2) is 7.86. The van der Waals surface area contributed by atoms with E-state index in [9.17, 15) is 0 Å². The number of aryl methyl sites for hydroxylation is 1. The van der Waals surface area contributed by atoms with Gasteiger partial charge in [-0.05, 0) is 44.2 Å². The molecule has 4 nitrogen and oxygen atoms in total. The van der Waals surface area contributed by atoms with Gasteiger partial charge in [-0.15, -0.1) is 0 Å². The van der Waals surface area contributed by atoms with Crippen LogP contribution in [-0.2, 0) is 13.1 Å². The van der Waals surface area contributed by atoms with Crippen LogP contribution in [0.4, 0.5) is 0 Å². The highest BCUT2D eigenvalue weighted by molar-refractivity contribution is 5.28. The molecule has 0 fully saturated rings. The number of rotatable bonds is 8. The number of ether oxygens (including phenoxy) is 1. The van der Waals surface area contributed by atoms with Crippen LogP contribution in [-0.4, -0.2) is 25.1 Å². The van der Waals surface area contributed by atoms with Gasteiger partial charge in [0.2, 0.25) is 0 Å². The van der Waals surface area contributed by atoms with Gasteiger partial charge in [0.1, 0.15) is 11.5 Å². The molecule has 0 atom stereocenters. The molecule has 0 aliphatic heterocycles. The predicted molar refractivity (Wildman–Crippen MR) is 84.2 cm³/mol. The average Bonchev–Trinajstić information content (AvgIpc) is 2.89. The van der Waals surface area contributed by atoms with E-state index in [4.69, 9.17) is 14.9 Å². The van der Waals surface area contributed by atoms with Gasteiger partial charge >= 0.3 is 0 Å². The molecule has 0 radical (unpaired) electrons. The molecule has 0 saturated carbocycles. The van der Waals surface area contributed by atoms with Crippen molar-refractivity contribution >= 4 is 0 Å². The Bertz CT molecular complexity index is 551. The topological polar surface area (TPSA) is 51.6 Å². The van der Waals surface area contributed by atoms with Gasteiger partial charge in [-0.2, -0.15) is 0 Å². The third-order valence-electron chi connectivity index (χ3n) is 3.49. The second-order valence-corrected chi connectivity index (χ2v) is 5.29. The van der Waals surface area contributed by atoms with Gasteiger partial charge in [-0.3, -0.25) is 0 Å². The Labute approximate surface area is 126 Å². The van der Waals surface area contributed by atoms with Crippen LogP contribution in [0.3, 0.4) is 0 Å². The second-order valence-electron chi connectivity index (χ2n) is 5.29. The van der Waals surface area contributed by atoms with E-state index in [0.717, 1.165) is 36.6 Å². The molecule has 2 aromatic rings. The van der Waals surface area contributed by atoms with Crippen molar-refractivity contribution in [2.45, 2.75) is 26.4 Å². The molecular formula is C17H24N2O2. The smallest absolute Gasteiger partial charge is 0.119 e. The zero-order chi connectivity index (χ0) is 15.1. The maximum atomic E-state index is 5.76. The van der Waals surface area contributed by atoms with Gasteiger partial charge in [0.25, 0.3) is 0 Å². The molecule has 0 saturated heterocycles. The highest BCUT2D eigenvalue weighted by Gasteiger charge is 2.05. The minimum Gasteiger partial charge on any atom is -0.494 e. The molecule has 1 aromatic heterocycles. The Morgan fingerprint density at radius 3 is 2.86 bits per heavy atom. The van der Waals surface area contributed by atoms with Crippen molar-refractivity contribution in [2.75, 3.05) is 20.2 Å². The van der Waals surface area contributed by atoms with Crippen molar-refractivity contribution in [3.05, 3.63) is 53.5 Å². The molecule has 21 heavy (non-hydrogen) atoms. The van der Waals surface area contributed by atoms with Crippen LogP contribution < -0.4 is 10.5 Å². The zero-order valence-electron chi connectivity index (χ0n) is 12.8. The first kappa shape index (κ1) is 15.6. The summed E-state index contributed by atoms with van der Waals surface area (Å²) in [7, 11) is 2.11. The summed E-state index contributed by atoms with van der Waals surface area (Å²) in [6.07, 6.45) is 2.73. The molecule has 114 valence electrons. The lowest BCUT2D eigenvalue weighted by atomic mass is 10.2. The molecule has 1 heterocycles. The molecule has 0 amide bonds. The van der Waals surface area contributed by atoms with Crippen LogP contribution >= 0.6 is 0 Å². The molecular weight excluding hydrogens is 264 g/mol. The quantitative estimate of drug-likeness (QED) is 0.759. The third-order valence-corrected chi connectivity index (χ3v) is 3.49. The van der Waals surface area contributed by atoms with Crippen LogP contribution in [0, 0.1) is 6.92 Å². The number of hydrogen-bond acceptors (Lipinski definition) is 4. The maximum Gasteiger partial charge on any atom is 0.119 e. The Morgan fingerprint density at radius 2 is 2.14 bits per heavy atom. The van der Waals surface area contributed by atoms with Crippen molar-refractivity contribution in [1.29, 1.82) is 0 Å². The monoisotopic (exact) mass is 288 g/mol. The summed E-state index contributed by atoms with van der Waals surface area (Å²) in [6, 6.07) is 9.98. The number of nitrogens with zero attached hydrogens (tertiary/aromatic N) is 1. The summed E-state index contributed by atoms with van der Waals surface area (Å²) in [5, 5.41) is 0. The van der Waals surface area contributed by atoms with Crippen molar-refractivity contribution in [3.8, 4) is 5.75 Å². The molecule has 2 N–H and O–H groups in total. The van der Waals surface area contributed by atoms with Crippen molar-refractivity contribution in [3.63, 3.8) is 0 Å². The van der Waals surface area contributed by atoms with Crippen LogP contribution in [0.1, 0.15) is 23.3 Å². The molecule has 2 rings (SSSR count). The van der Waals surface area contributed by atoms with Gasteiger partial charge in [0.15, 0.2) is 0 Å². The van der Waals surface area contributed by atoms with E-state index in [-0.39, 0.29) is 0 Å². The zero-order valence-corrected chi connectivity index (χ0v) is 12.8. The maximum absolute atomic E-state index is 5.76. The summed E-state index contributed by atoms with van der Waals surface area (Å²) >= 11 is 0. The Morgan fingerprint density at radius 1 is 1.29 bits per heavy atom. The van der Waals surface area contributed by atoms with E-state index < -0.39 is 0 Å². The lowest BCUT2D eigenvalue weighted by molar-refractivity contribution is 0.258. The Kier molecular flexibility index (Phi) is 5.84.